The summed E-state index contributed by atoms with van der Waals surface area (Å²) < 4.78 is 105. The summed E-state index contributed by atoms with van der Waals surface area (Å²) in [5.41, 5.74) is -6.61. The molecule has 1 aliphatic carbocycles. The molecule has 0 aromatic heterocycles. The van der Waals surface area contributed by atoms with Crippen molar-refractivity contribution in [1.82, 2.24) is 4.90 Å². The first-order valence-electron chi connectivity index (χ1n) is 10.1. The van der Waals surface area contributed by atoms with Crippen molar-refractivity contribution in [2.45, 2.75) is 57.8 Å². The van der Waals surface area contributed by atoms with Gasteiger partial charge in [-0.2, -0.15) is 34.8 Å². The summed E-state index contributed by atoms with van der Waals surface area (Å²) in [6, 6.07) is 4.70. The molecule has 0 N–H and O–H groups in total. The normalized spacial score (nSPS) is 21.9. The second kappa shape index (κ2) is 8.23. The Morgan fingerprint density at radius 1 is 0.969 bits per heavy atom. The van der Waals surface area contributed by atoms with Crippen molar-refractivity contribution in [1.29, 1.82) is 0 Å². The Morgan fingerprint density at radius 2 is 1.53 bits per heavy atom. The number of hydrogen-bond acceptors (Lipinski definition) is 4. The molecule has 2 aliphatic rings. The lowest BCUT2D eigenvalue weighted by Gasteiger charge is -2.48. The van der Waals surface area contributed by atoms with Gasteiger partial charge in [0.15, 0.2) is 0 Å². The van der Waals surface area contributed by atoms with Gasteiger partial charge in [-0.25, -0.2) is 0 Å². The SMILES string of the molecule is CC1(C)CCC2(CC1)CN(Cc1ccc(C(F)(F)F)cc1)CC=C2OS(=O)(=O)C(F)(F)F. The molecule has 1 fully saturated rings. The molecule has 1 aliphatic heterocycles. The van der Waals surface area contributed by atoms with Crippen molar-refractivity contribution in [3.8, 4) is 0 Å². The molecule has 1 saturated carbocycles. The fourth-order valence-electron chi connectivity index (χ4n) is 4.27. The highest BCUT2D eigenvalue weighted by Crippen LogP contribution is 2.51. The molecular formula is C21H25F6NO3S. The highest BCUT2D eigenvalue weighted by atomic mass is 32.2. The Hall–Kier alpha value is -1.75. The largest absolute Gasteiger partial charge is 0.534 e. The summed E-state index contributed by atoms with van der Waals surface area (Å²) in [6.45, 7) is 4.73. The Morgan fingerprint density at radius 3 is 2.03 bits per heavy atom. The van der Waals surface area contributed by atoms with Gasteiger partial charge in [0.1, 0.15) is 5.76 Å². The standard InChI is InChI=1S/C21H25F6NO3S/c1-18(2)8-10-19(11-9-18)14-28(12-7-17(19)31-32(29,30)21(25,26)27)13-15-3-5-16(6-4-15)20(22,23)24/h3-7H,8-14H2,1-2H3. The van der Waals surface area contributed by atoms with E-state index in [0.29, 0.717) is 31.2 Å². The predicted molar refractivity (Wildman–Crippen MR) is 106 cm³/mol. The van der Waals surface area contributed by atoms with E-state index in [2.05, 4.69) is 4.18 Å². The third kappa shape index (κ3) is 5.41. The van der Waals surface area contributed by atoms with Gasteiger partial charge in [-0.1, -0.05) is 26.0 Å². The first kappa shape index (κ1) is 24.9. The Kier molecular flexibility index (Phi) is 6.40. The summed E-state index contributed by atoms with van der Waals surface area (Å²) >= 11 is 0. The van der Waals surface area contributed by atoms with E-state index >= 15 is 0 Å². The fraction of sp³-hybridized carbons (Fsp3) is 0.619. The number of alkyl halides is 6. The number of nitrogens with zero attached hydrogens (tertiary/aromatic N) is 1. The minimum atomic E-state index is -5.79. The van der Waals surface area contributed by atoms with Crippen LogP contribution in [0.2, 0.25) is 0 Å². The fourth-order valence-corrected chi connectivity index (χ4v) is 4.85. The van der Waals surface area contributed by atoms with Crippen molar-refractivity contribution in [2.75, 3.05) is 13.1 Å². The molecule has 3 rings (SSSR count). The molecular weight excluding hydrogens is 460 g/mol. The van der Waals surface area contributed by atoms with Crippen LogP contribution in [0.4, 0.5) is 26.3 Å². The van der Waals surface area contributed by atoms with Crippen LogP contribution in [0.5, 0.6) is 0 Å². The smallest absolute Gasteiger partial charge is 0.380 e. The van der Waals surface area contributed by atoms with E-state index in [1.165, 1.54) is 18.2 Å². The van der Waals surface area contributed by atoms with Gasteiger partial charge in [0.2, 0.25) is 0 Å². The van der Waals surface area contributed by atoms with Gasteiger partial charge in [0.05, 0.1) is 5.56 Å². The zero-order valence-electron chi connectivity index (χ0n) is 17.7. The minimum Gasteiger partial charge on any atom is -0.380 e. The quantitative estimate of drug-likeness (QED) is 0.305. The van der Waals surface area contributed by atoms with Gasteiger partial charge in [0, 0.05) is 25.0 Å². The molecule has 1 spiro atoms. The molecule has 32 heavy (non-hydrogen) atoms. The maximum absolute atomic E-state index is 12.9. The van der Waals surface area contributed by atoms with Crippen LogP contribution in [0.1, 0.15) is 50.7 Å². The van der Waals surface area contributed by atoms with Crippen LogP contribution in [0.3, 0.4) is 0 Å². The third-order valence-corrected chi connectivity index (χ3v) is 7.28. The molecule has 0 bridgehead atoms. The van der Waals surface area contributed by atoms with Crippen LogP contribution in [0.15, 0.2) is 36.1 Å². The van der Waals surface area contributed by atoms with Gasteiger partial charge in [-0.15, -0.1) is 0 Å². The van der Waals surface area contributed by atoms with Gasteiger partial charge in [-0.05, 0) is 54.9 Å². The average molecular weight is 485 g/mol. The van der Waals surface area contributed by atoms with Gasteiger partial charge in [0.25, 0.3) is 0 Å². The third-order valence-electron chi connectivity index (χ3n) is 6.31. The van der Waals surface area contributed by atoms with Gasteiger partial charge >= 0.3 is 21.8 Å². The first-order valence-corrected chi connectivity index (χ1v) is 11.5. The summed E-state index contributed by atoms with van der Waals surface area (Å²) in [7, 11) is -5.79. The summed E-state index contributed by atoms with van der Waals surface area (Å²) in [5.74, 6) is -0.186. The van der Waals surface area contributed by atoms with Crippen LogP contribution in [0, 0.1) is 10.8 Å². The zero-order valence-corrected chi connectivity index (χ0v) is 18.5. The molecule has 0 amide bonds. The lowest BCUT2D eigenvalue weighted by molar-refractivity contribution is -0.137. The van der Waals surface area contributed by atoms with Crippen LogP contribution in [0.25, 0.3) is 0 Å². The first-order chi connectivity index (χ1) is 14.5. The van der Waals surface area contributed by atoms with Crippen molar-refractivity contribution in [3.05, 3.63) is 47.2 Å². The van der Waals surface area contributed by atoms with E-state index < -0.39 is 32.8 Å². The molecule has 1 heterocycles. The van der Waals surface area contributed by atoms with Crippen molar-refractivity contribution >= 4 is 10.1 Å². The van der Waals surface area contributed by atoms with Crippen molar-refractivity contribution < 1.29 is 38.9 Å². The van der Waals surface area contributed by atoms with Crippen molar-refractivity contribution in [2.24, 2.45) is 10.8 Å². The molecule has 1 aromatic rings. The molecule has 0 atom stereocenters. The van der Waals surface area contributed by atoms with Gasteiger partial charge in [-0.3, -0.25) is 4.90 Å². The highest BCUT2D eigenvalue weighted by Gasteiger charge is 2.53. The van der Waals surface area contributed by atoms with E-state index in [4.69, 9.17) is 0 Å². The maximum Gasteiger partial charge on any atom is 0.534 e. The minimum absolute atomic E-state index is 0.0328. The molecule has 180 valence electrons. The number of halogens is 6. The van der Waals surface area contributed by atoms with E-state index in [1.54, 1.807) is 0 Å². The highest BCUT2D eigenvalue weighted by molar-refractivity contribution is 7.87. The maximum atomic E-state index is 12.9. The van der Waals surface area contributed by atoms with Crippen LogP contribution < -0.4 is 0 Å². The summed E-state index contributed by atoms with van der Waals surface area (Å²) in [6.07, 6.45) is -0.843. The Balaban J connectivity index is 1.83. The summed E-state index contributed by atoms with van der Waals surface area (Å²) in [5, 5.41) is 0. The lowest BCUT2D eigenvalue weighted by atomic mass is 9.63. The van der Waals surface area contributed by atoms with Crippen molar-refractivity contribution in [3.63, 3.8) is 0 Å². The van der Waals surface area contributed by atoms with Crippen LogP contribution >= 0.6 is 0 Å². The number of rotatable bonds is 4. The molecule has 0 unspecified atom stereocenters. The number of hydrogen-bond donors (Lipinski definition) is 0. The van der Waals surface area contributed by atoms with Crippen LogP contribution in [-0.2, 0) is 27.0 Å². The van der Waals surface area contributed by atoms with E-state index in [-0.39, 0.29) is 30.8 Å². The Bertz CT molecular complexity index is 955. The predicted octanol–water partition coefficient (Wildman–Crippen LogP) is 5.86. The van der Waals surface area contributed by atoms with Gasteiger partial charge < -0.3 is 4.18 Å². The summed E-state index contributed by atoms with van der Waals surface area (Å²) in [4.78, 5) is 1.88. The molecule has 0 radical (unpaired) electrons. The second-order valence-corrected chi connectivity index (χ2v) is 10.9. The molecule has 1 aromatic carbocycles. The van der Waals surface area contributed by atoms with Crippen LogP contribution in [-0.4, -0.2) is 31.9 Å². The van der Waals surface area contributed by atoms with E-state index in [1.807, 2.05) is 18.7 Å². The van der Waals surface area contributed by atoms with E-state index in [0.717, 1.165) is 12.1 Å². The zero-order chi connectivity index (χ0) is 24.0. The monoisotopic (exact) mass is 485 g/mol. The Labute approximate surface area is 183 Å². The average Bonchev–Trinajstić information content (AvgIpc) is 2.65. The lowest BCUT2D eigenvalue weighted by Crippen LogP contribution is -2.47. The molecule has 0 saturated heterocycles. The molecule has 4 nitrogen and oxygen atoms in total. The second-order valence-electron chi connectivity index (χ2n) is 9.36. The number of benzene rings is 1. The van der Waals surface area contributed by atoms with E-state index in [9.17, 15) is 34.8 Å². The molecule has 11 heteroatoms. The topological polar surface area (TPSA) is 46.6 Å².